The van der Waals surface area contributed by atoms with E-state index in [9.17, 15) is 0 Å². The quantitative estimate of drug-likeness (QED) is 0.736. The molecule has 2 nitrogen and oxygen atoms in total. The summed E-state index contributed by atoms with van der Waals surface area (Å²) in [6.45, 7) is 7.28. The van der Waals surface area contributed by atoms with Gasteiger partial charge in [0.2, 0.25) is 0 Å². The Morgan fingerprint density at radius 3 is 2.58 bits per heavy atom. The van der Waals surface area contributed by atoms with E-state index in [0.717, 1.165) is 32.1 Å². The first-order valence-corrected chi connectivity index (χ1v) is 7.59. The van der Waals surface area contributed by atoms with Gasteiger partial charge in [0.15, 0.2) is 0 Å². The van der Waals surface area contributed by atoms with Crippen molar-refractivity contribution < 1.29 is 4.74 Å². The third-order valence-electron chi connectivity index (χ3n) is 3.59. The summed E-state index contributed by atoms with van der Waals surface area (Å²) in [7, 11) is 0. The summed E-state index contributed by atoms with van der Waals surface area (Å²) in [6.07, 6.45) is 3.84. The van der Waals surface area contributed by atoms with Gasteiger partial charge in [-0.3, -0.25) is 0 Å². The van der Waals surface area contributed by atoms with E-state index in [-0.39, 0.29) is 0 Å². The van der Waals surface area contributed by atoms with E-state index in [0.29, 0.717) is 12.0 Å². The Kier molecular flexibility index (Phi) is 5.87. The van der Waals surface area contributed by atoms with Crippen LogP contribution in [-0.2, 0) is 11.2 Å². The van der Waals surface area contributed by atoms with E-state index in [1.807, 2.05) is 0 Å². The average molecular weight is 261 g/mol. The van der Waals surface area contributed by atoms with Crippen LogP contribution in [0.4, 0.5) is 0 Å². The van der Waals surface area contributed by atoms with Gasteiger partial charge in [-0.1, -0.05) is 44.2 Å². The number of ether oxygens (including phenoxy) is 1. The number of nitrogens with one attached hydrogen (secondary N) is 1. The summed E-state index contributed by atoms with van der Waals surface area (Å²) in [5, 5.41) is 3.54. The van der Waals surface area contributed by atoms with Gasteiger partial charge in [0, 0.05) is 19.2 Å². The molecule has 1 unspecified atom stereocenters. The van der Waals surface area contributed by atoms with Gasteiger partial charge in [0.05, 0.1) is 6.61 Å². The molecule has 0 heterocycles. The highest BCUT2D eigenvalue weighted by atomic mass is 16.5. The molecule has 1 aliphatic rings. The highest BCUT2D eigenvalue weighted by molar-refractivity contribution is 5.15. The van der Waals surface area contributed by atoms with Gasteiger partial charge in [-0.25, -0.2) is 0 Å². The topological polar surface area (TPSA) is 21.3 Å². The SMILES string of the molecule is CC(C)NCC(COCC1CC1)Cc1ccccc1. The molecule has 0 spiro atoms. The number of rotatable bonds is 9. The zero-order chi connectivity index (χ0) is 13.5. The fraction of sp³-hybridized carbons (Fsp3) is 0.647. The van der Waals surface area contributed by atoms with Crippen LogP contribution in [0.15, 0.2) is 30.3 Å². The van der Waals surface area contributed by atoms with Crippen molar-refractivity contribution in [3.8, 4) is 0 Å². The molecule has 1 aromatic carbocycles. The monoisotopic (exact) mass is 261 g/mol. The first-order chi connectivity index (χ1) is 9.24. The number of hydrogen-bond donors (Lipinski definition) is 1. The lowest BCUT2D eigenvalue weighted by atomic mass is 10.00. The third kappa shape index (κ3) is 6.22. The summed E-state index contributed by atoms with van der Waals surface area (Å²) < 4.78 is 5.88. The van der Waals surface area contributed by atoms with Gasteiger partial charge in [0.1, 0.15) is 0 Å². The molecule has 1 aliphatic carbocycles. The van der Waals surface area contributed by atoms with E-state index in [1.165, 1.54) is 18.4 Å². The predicted octanol–water partition coefficient (Wildman–Crippen LogP) is 3.27. The Morgan fingerprint density at radius 1 is 1.21 bits per heavy atom. The maximum absolute atomic E-state index is 5.88. The van der Waals surface area contributed by atoms with Gasteiger partial charge >= 0.3 is 0 Å². The van der Waals surface area contributed by atoms with Gasteiger partial charge in [0.25, 0.3) is 0 Å². The first kappa shape index (κ1) is 14.5. The fourth-order valence-electron chi connectivity index (χ4n) is 2.23. The molecule has 0 aliphatic heterocycles. The molecule has 106 valence electrons. The van der Waals surface area contributed by atoms with E-state index in [4.69, 9.17) is 4.74 Å². The molecule has 0 aromatic heterocycles. The predicted molar refractivity (Wildman–Crippen MR) is 80.3 cm³/mol. The number of benzene rings is 1. The highest BCUT2D eigenvalue weighted by Crippen LogP contribution is 2.29. The Balaban J connectivity index is 1.77. The summed E-state index contributed by atoms with van der Waals surface area (Å²) >= 11 is 0. The second kappa shape index (κ2) is 7.66. The Bertz CT molecular complexity index is 346. The lowest BCUT2D eigenvalue weighted by Crippen LogP contribution is -2.32. The summed E-state index contributed by atoms with van der Waals surface area (Å²) in [6, 6.07) is 11.3. The van der Waals surface area contributed by atoms with Gasteiger partial charge in [-0.2, -0.15) is 0 Å². The molecule has 0 bridgehead atoms. The normalized spacial score (nSPS) is 16.8. The lowest BCUT2D eigenvalue weighted by molar-refractivity contribution is 0.0901. The molecule has 1 fully saturated rings. The van der Waals surface area contributed by atoms with Crippen molar-refractivity contribution in [3.63, 3.8) is 0 Å². The van der Waals surface area contributed by atoms with Crippen molar-refractivity contribution >= 4 is 0 Å². The van der Waals surface area contributed by atoms with Crippen LogP contribution in [0.3, 0.4) is 0 Å². The standard InChI is InChI=1S/C17H27NO/c1-14(2)18-11-17(13-19-12-16-8-9-16)10-15-6-4-3-5-7-15/h3-7,14,16-18H,8-13H2,1-2H3. The molecule has 0 saturated heterocycles. The van der Waals surface area contributed by atoms with Crippen molar-refractivity contribution in [2.75, 3.05) is 19.8 Å². The van der Waals surface area contributed by atoms with Crippen molar-refractivity contribution in [2.24, 2.45) is 11.8 Å². The molecule has 2 heteroatoms. The zero-order valence-corrected chi connectivity index (χ0v) is 12.3. The van der Waals surface area contributed by atoms with Gasteiger partial charge in [-0.15, -0.1) is 0 Å². The molecule has 19 heavy (non-hydrogen) atoms. The van der Waals surface area contributed by atoms with E-state index in [1.54, 1.807) is 0 Å². The maximum Gasteiger partial charge on any atom is 0.0509 e. The molecule has 1 N–H and O–H groups in total. The fourth-order valence-corrected chi connectivity index (χ4v) is 2.23. The Morgan fingerprint density at radius 2 is 1.95 bits per heavy atom. The molecule has 2 rings (SSSR count). The maximum atomic E-state index is 5.88. The minimum atomic E-state index is 0.543. The van der Waals surface area contributed by atoms with Crippen molar-refractivity contribution in [1.29, 1.82) is 0 Å². The van der Waals surface area contributed by atoms with E-state index >= 15 is 0 Å². The van der Waals surface area contributed by atoms with Crippen LogP contribution >= 0.6 is 0 Å². The van der Waals surface area contributed by atoms with Crippen LogP contribution in [0.1, 0.15) is 32.3 Å². The molecular formula is C17H27NO. The zero-order valence-electron chi connectivity index (χ0n) is 12.3. The smallest absolute Gasteiger partial charge is 0.0509 e. The summed E-state index contributed by atoms with van der Waals surface area (Å²) in [5.74, 6) is 1.43. The number of hydrogen-bond acceptors (Lipinski definition) is 2. The average Bonchev–Trinajstić information content (AvgIpc) is 3.21. The van der Waals surface area contributed by atoms with Gasteiger partial charge < -0.3 is 10.1 Å². The van der Waals surface area contributed by atoms with Crippen LogP contribution in [0.25, 0.3) is 0 Å². The second-order valence-corrected chi connectivity index (χ2v) is 6.10. The first-order valence-electron chi connectivity index (χ1n) is 7.59. The van der Waals surface area contributed by atoms with E-state index < -0.39 is 0 Å². The largest absolute Gasteiger partial charge is 0.381 e. The molecular weight excluding hydrogens is 234 g/mol. The highest BCUT2D eigenvalue weighted by Gasteiger charge is 2.22. The van der Waals surface area contributed by atoms with E-state index in [2.05, 4.69) is 49.5 Å². The van der Waals surface area contributed by atoms with Crippen LogP contribution in [0.2, 0.25) is 0 Å². The molecule has 0 radical (unpaired) electrons. The van der Waals surface area contributed by atoms with Crippen LogP contribution in [0, 0.1) is 11.8 Å². The second-order valence-electron chi connectivity index (χ2n) is 6.10. The Hall–Kier alpha value is -0.860. The lowest BCUT2D eigenvalue weighted by Gasteiger charge is -2.19. The molecule has 1 atom stereocenters. The Labute approximate surface area is 117 Å². The van der Waals surface area contributed by atoms with Crippen molar-refractivity contribution in [1.82, 2.24) is 5.32 Å². The minimum Gasteiger partial charge on any atom is -0.381 e. The van der Waals surface area contributed by atoms with Crippen molar-refractivity contribution in [3.05, 3.63) is 35.9 Å². The molecule has 0 amide bonds. The summed E-state index contributed by atoms with van der Waals surface area (Å²) in [5.41, 5.74) is 1.41. The minimum absolute atomic E-state index is 0.543. The molecule has 1 aromatic rings. The van der Waals surface area contributed by atoms with Crippen LogP contribution < -0.4 is 5.32 Å². The summed E-state index contributed by atoms with van der Waals surface area (Å²) in [4.78, 5) is 0. The molecule has 1 saturated carbocycles. The van der Waals surface area contributed by atoms with Gasteiger partial charge in [-0.05, 0) is 36.7 Å². The third-order valence-corrected chi connectivity index (χ3v) is 3.59. The van der Waals surface area contributed by atoms with Crippen LogP contribution in [-0.4, -0.2) is 25.8 Å². The van der Waals surface area contributed by atoms with Crippen molar-refractivity contribution in [2.45, 2.75) is 39.2 Å². The van der Waals surface area contributed by atoms with Crippen LogP contribution in [0.5, 0.6) is 0 Å².